The molecular weight excluding hydrogens is 345 g/mol. The molecule has 0 unspecified atom stereocenters. The number of amides is 2. The number of rotatable bonds is 5. The minimum atomic E-state index is -3.19. The summed E-state index contributed by atoms with van der Waals surface area (Å²) in [5, 5.41) is 2.90. The van der Waals surface area contributed by atoms with Gasteiger partial charge < -0.3 is 10.2 Å². The lowest BCUT2D eigenvalue weighted by Crippen LogP contribution is -2.50. The van der Waals surface area contributed by atoms with Crippen molar-refractivity contribution in [3.05, 3.63) is 35.6 Å². The summed E-state index contributed by atoms with van der Waals surface area (Å²) < 4.78 is 37.4. The molecule has 136 valence electrons. The predicted octanol–water partition coefficient (Wildman–Crippen LogP) is 1.39. The Morgan fingerprint density at radius 1 is 1.36 bits per heavy atom. The zero-order chi connectivity index (χ0) is 18.4. The highest BCUT2D eigenvalue weighted by molar-refractivity contribution is 7.88. The van der Waals surface area contributed by atoms with Gasteiger partial charge in [-0.25, -0.2) is 21.9 Å². The van der Waals surface area contributed by atoms with Crippen LogP contribution in [-0.2, 0) is 16.6 Å². The maximum absolute atomic E-state index is 13.0. The van der Waals surface area contributed by atoms with Crippen molar-refractivity contribution in [2.24, 2.45) is 0 Å². The van der Waals surface area contributed by atoms with Crippen LogP contribution in [0.2, 0.25) is 0 Å². The summed E-state index contributed by atoms with van der Waals surface area (Å²) in [7, 11) is -3.19. The van der Waals surface area contributed by atoms with Gasteiger partial charge in [0.1, 0.15) is 5.82 Å². The normalized spacial score (nSPS) is 16.2. The molecule has 0 spiro atoms. The van der Waals surface area contributed by atoms with E-state index in [1.165, 1.54) is 27.6 Å². The third-order valence-electron chi connectivity index (χ3n) is 4.11. The third kappa shape index (κ3) is 5.73. The van der Waals surface area contributed by atoms with Crippen molar-refractivity contribution in [3.63, 3.8) is 0 Å². The summed E-state index contributed by atoms with van der Waals surface area (Å²) in [6.07, 6.45) is 7.63. The number of hydrogen-bond acceptors (Lipinski definition) is 3. The Balaban J connectivity index is 1.92. The minimum absolute atomic E-state index is 0.0982. The van der Waals surface area contributed by atoms with Crippen molar-refractivity contribution in [2.75, 3.05) is 25.9 Å². The van der Waals surface area contributed by atoms with Gasteiger partial charge in [0.2, 0.25) is 10.0 Å². The predicted molar refractivity (Wildman–Crippen MR) is 93.6 cm³/mol. The number of sulfonamides is 1. The number of hydrogen-bond donors (Lipinski definition) is 1. The number of nitrogens with one attached hydrogen (secondary N) is 1. The van der Waals surface area contributed by atoms with Gasteiger partial charge in [0.15, 0.2) is 0 Å². The van der Waals surface area contributed by atoms with Crippen molar-refractivity contribution in [1.29, 1.82) is 0 Å². The quantitative estimate of drug-likeness (QED) is 0.800. The first-order valence-electron chi connectivity index (χ1n) is 7.98. The average Bonchev–Trinajstić information content (AvgIpc) is 2.56. The van der Waals surface area contributed by atoms with E-state index in [0.29, 0.717) is 25.9 Å². The van der Waals surface area contributed by atoms with E-state index >= 15 is 0 Å². The number of carbonyl (C=O) groups excluding carboxylic acids is 1. The lowest BCUT2D eigenvalue weighted by Gasteiger charge is -2.32. The Labute approximate surface area is 148 Å². The highest BCUT2D eigenvalue weighted by Crippen LogP contribution is 2.14. The first kappa shape index (κ1) is 19.2. The third-order valence-corrected chi connectivity index (χ3v) is 5.41. The molecular formula is C17H22FN3O3S. The van der Waals surface area contributed by atoms with E-state index in [9.17, 15) is 17.6 Å². The number of nitrogens with zero attached hydrogens (tertiary/aromatic N) is 2. The van der Waals surface area contributed by atoms with Gasteiger partial charge in [-0.3, -0.25) is 0 Å². The maximum Gasteiger partial charge on any atom is 0.318 e. The Morgan fingerprint density at radius 3 is 2.48 bits per heavy atom. The Morgan fingerprint density at radius 2 is 1.96 bits per heavy atom. The fourth-order valence-corrected chi connectivity index (χ4v) is 3.59. The highest BCUT2D eigenvalue weighted by atomic mass is 32.2. The molecule has 25 heavy (non-hydrogen) atoms. The smallest absolute Gasteiger partial charge is 0.318 e. The number of urea groups is 1. The molecule has 1 heterocycles. The van der Waals surface area contributed by atoms with E-state index in [2.05, 4.69) is 11.2 Å². The summed E-state index contributed by atoms with van der Waals surface area (Å²) >= 11 is 0. The lowest BCUT2D eigenvalue weighted by atomic mass is 10.1. The molecule has 0 radical (unpaired) electrons. The molecule has 1 aromatic carbocycles. The first-order chi connectivity index (χ1) is 11.8. The molecule has 6 nitrogen and oxygen atoms in total. The number of piperidine rings is 1. The van der Waals surface area contributed by atoms with Crippen molar-refractivity contribution < 1.29 is 17.6 Å². The molecule has 0 aliphatic carbocycles. The molecule has 0 bridgehead atoms. The van der Waals surface area contributed by atoms with Crippen LogP contribution in [0, 0.1) is 18.2 Å². The van der Waals surface area contributed by atoms with E-state index in [1.807, 2.05) is 0 Å². The molecule has 1 aliphatic rings. The van der Waals surface area contributed by atoms with Gasteiger partial charge >= 0.3 is 6.03 Å². The monoisotopic (exact) mass is 367 g/mol. The molecule has 2 amide bonds. The van der Waals surface area contributed by atoms with Crippen LogP contribution in [0.4, 0.5) is 9.18 Å². The van der Waals surface area contributed by atoms with E-state index < -0.39 is 10.0 Å². The van der Waals surface area contributed by atoms with Crippen LogP contribution in [0.15, 0.2) is 24.3 Å². The molecule has 0 atom stereocenters. The number of benzene rings is 1. The summed E-state index contributed by atoms with van der Waals surface area (Å²) in [4.78, 5) is 13.9. The van der Waals surface area contributed by atoms with Gasteiger partial charge in [0.05, 0.1) is 12.8 Å². The molecule has 1 saturated heterocycles. The molecule has 1 aromatic rings. The standard InChI is InChI=1S/C17H22FN3O3S/c1-3-10-20(13-14-4-6-15(18)7-5-14)17(22)19-16-8-11-21(12-9-16)25(2,23)24/h1,4-7,16H,8-13H2,2H3,(H,19,22). The Hall–Kier alpha value is -2.11. The van der Waals surface area contributed by atoms with E-state index in [0.717, 1.165) is 5.56 Å². The first-order valence-corrected chi connectivity index (χ1v) is 9.83. The van der Waals surface area contributed by atoms with Crippen LogP contribution in [0.25, 0.3) is 0 Å². The molecule has 2 rings (SSSR count). The zero-order valence-electron chi connectivity index (χ0n) is 14.1. The summed E-state index contributed by atoms with van der Waals surface area (Å²) in [5.74, 6) is 2.11. The SMILES string of the molecule is C#CCN(Cc1ccc(F)cc1)C(=O)NC1CCN(S(C)(=O)=O)CC1. The second kappa shape index (κ2) is 8.32. The lowest BCUT2D eigenvalue weighted by molar-refractivity contribution is 0.190. The van der Waals surface area contributed by atoms with Crippen LogP contribution in [0.1, 0.15) is 18.4 Å². The topological polar surface area (TPSA) is 69.7 Å². The number of terminal acetylenes is 1. The summed E-state index contributed by atoms with van der Waals surface area (Å²) in [5.41, 5.74) is 0.777. The van der Waals surface area contributed by atoms with Crippen LogP contribution in [-0.4, -0.2) is 55.6 Å². The number of halogens is 1. The van der Waals surface area contributed by atoms with E-state index in [-0.39, 0.29) is 31.0 Å². The Bertz CT molecular complexity index is 735. The van der Waals surface area contributed by atoms with Gasteiger partial charge in [-0.05, 0) is 30.5 Å². The van der Waals surface area contributed by atoms with Gasteiger partial charge in [-0.15, -0.1) is 6.42 Å². The van der Waals surface area contributed by atoms with Crippen molar-refractivity contribution in [2.45, 2.75) is 25.4 Å². The molecule has 1 N–H and O–H groups in total. The molecule has 0 aromatic heterocycles. The maximum atomic E-state index is 13.0. The van der Waals surface area contributed by atoms with E-state index in [4.69, 9.17) is 6.42 Å². The summed E-state index contributed by atoms with van der Waals surface area (Å²) in [6, 6.07) is 5.48. The fourth-order valence-electron chi connectivity index (χ4n) is 2.72. The van der Waals surface area contributed by atoms with Gasteiger partial charge in [0.25, 0.3) is 0 Å². The highest BCUT2D eigenvalue weighted by Gasteiger charge is 2.26. The number of carbonyl (C=O) groups is 1. The molecule has 1 fully saturated rings. The van der Waals surface area contributed by atoms with E-state index in [1.54, 1.807) is 12.1 Å². The van der Waals surface area contributed by atoms with Crippen molar-refractivity contribution in [1.82, 2.24) is 14.5 Å². The second-order valence-corrected chi connectivity index (χ2v) is 8.05. The van der Waals surface area contributed by atoms with Gasteiger partial charge in [-0.1, -0.05) is 18.1 Å². The van der Waals surface area contributed by atoms with Crippen LogP contribution >= 0.6 is 0 Å². The van der Waals surface area contributed by atoms with Crippen LogP contribution < -0.4 is 5.32 Å². The average molecular weight is 367 g/mol. The second-order valence-electron chi connectivity index (χ2n) is 6.07. The minimum Gasteiger partial charge on any atom is -0.335 e. The van der Waals surface area contributed by atoms with Crippen molar-refractivity contribution >= 4 is 16.1 Å². The van der Waals surface area contributed by atoms with Gasteiger partial charge in [0, 0.05) is 25.7 Å². The molecule has 1 aliphatic heterocycles. The fraction of sp³-hybridized carbons (Fsp3) is 0.471. The summed E-state index contributed by atoms with van der Waals surface area (Å²) in [6.45, 7) is 1.18. The van der Waals surface area contributed by atoms with Crippen LogP contribution in [0.5, 0.6) is 0 Å². The molecule has 8 heteroatoms. The largest absolute Gasteiger partial charge is 0.335 e. The molecule has 0 saturated carbocycles. The van der Waals surface area contributed by atoms with Crippen molar-refractivity contribution in [3.8, 4) is 12.3 Å². The van der Waals surface area contributed by atoms with Crippen LogP contribution in [0.3, 0.4) is 0 Å². The van der Waals surface area contributed by atoms with Gasteiger partial charge in [-0.2, -0.15) is 0 Å². The Kier molecular flexibility index (Phi) is 6.39. The zero-order valence-corrected chi connectivity index (χ0v) is 14.9.